The summed E-state index contributed by atoms with van der Waals surface area (Å²) < 4.78 is 40.8. The minimum Gasteiger partial charge on any atom is -0.487 e. The highest BCUT2D eigenvalue weighted by Crippen LogP contribution is 2.17. The molecule has 1 aliphatic rings. The van der Waals surface area contributed by atoms with Crippen LogP contribution >= 0.6 is 0 Å². The van der Waals surface area contributed by atoms with Gasteiger partial charge in [0.1, 0.15) is 18.2 Å². The van der Waals surface area contributed by atoms with Gasteiger partial charge in [0.25, 0.3) is 0 Å². The van der Waals surface area contributed by atoms with Crippen molar-refractivity contribution in [3.63, 3.8) is 0 Å². The summed E-state index contributed by atoms with van der Waals surface area (Å²) in [5.41, 5.74) is -0.558. The molecular weight excluding hydrogens is 277 g/mol. The maximum Gasteiger partial charge on any atom is 0.355 e. The number of aliphatic carboxylic acids is 1. The molecule has 2 rings (SSSR count). The van der Waals surface area contributed by atoms with Gasteiger partial charge in [-0.15, -0.1) is 0 Å². The van der Waals surface area contributed by atoms with E-state index in [0.29, 0.717) is 5.41 Å². The van der Waals surface area contributed by atoms with Crippen molar-refractivity contribution in [2.24, 2.45) is 4.99 Å². The first-order valence-corrected chi connectivity index (χ1v) is 6.59. The number of sulfone groups is 1. The molecule has 0 bridgehead atoms. The van der Waals surface area contributed by atoms with E-state index in [4.69, 9.17) is 9.84 Å². The molecule has 1 aliphatic heterocycles. The van der Waals surface area contributed by atoms with Crippen LogP contribution in [0.3, 0.4) is 0 Å². The number of benzene rings is 1. The molecule has 1 heterocycles. The van der Waals surface area contributed by atoms with Crippen molar-refractivity contribution in [1.29, 1.82) is 0 Å². The number of carboxylic acids is 1. The fourth-order valence-corrected chi connectivity index (χ4v) is 2.36. The fraction of sp³-hybridized carbons (Fsp3) is 0.0909. The van der Waals surface area contributed by atoms with E-state index in [9.17, 15) is 17.6 Å². The number of rotatable bonds is 4. The van der Waals surface area contributed by atoms with Gasteiger partial charge in [0.05, 0.1) is 5.41 Å². The zero-order valence-corrected chi connectivity index (χ0v) is 10.2. The average Bonchev–Trinajstić information content (AvgIpc) is 2.64. The van der Waals surface area contributed by atoms with Gasteiger partial charge in [-0.2, -0.15) is 0 Å². The first-order valence-electron chi connectivity index (χ1n) is 5.04. The number of nitrogens with zero attached hydrogens (tertiary/aromatic N) is 1. The average molecular weight is 285 g/mol. The van der Waals surface area contributed by atoms with Gasteiger partial charge in [-0.25, -0.2) is 22.6 Å². The van der Waals surface area contributed by atoms with Crippen molar-refractivity contribution < 1.29 is 27.4 Å². The molecule has 0 unspecified atom stereocenters. The highest BCUT2D eigenvalue weighted by molar-refractivity contribution is 8.09. The molecule has 0 saturated carbocycles. The van der Waals surface area contributed by atoms with E-state index in [-0.39, 0.29) is 5.75 Å². The number of aliphatic imine (C=N–C) groups is 1. The molecule has 0 aliphatic carbocycles. The molecule has 8 heteroatoms. The SMILES string of the molecule is O=C(O)C1=CS(=O)(=O)C(COc2ccc(F)cc2)=N1. The topological polar surface area (TPSA) is 93.0 Å². The maximum atomic E-state index is 12.6. The quantitative estimate of drug-likeness (QED) is 0.889. The smallest absolute Gasteiger partial charge is 0.355 e. The van der Waals surface area contributed by atoms with Crippen LogP contribution in [0.15, 0.2) is 40.4 Å². The van der Waals surface area contributed by atoms with Gasteiger partial charge in [0, 0.05) is 0 Å². The Bertz CT molecular complexity index is 676. The molecule has 0 radical (unpaired) electrons. The largest absolute Gasteiger partial charge is 0.487 e. The third-order valence-electron chi connectivity index (χ3n) is 2.24. The Hall–Kier alpha value is -2.22. The molecule has 19 heavy (non-hydrogen) atoms. The lowest BCUT2D eigenvalue weighted by Crippen LogP contribution is -2.17. The zero-order valence-electron chi connectivity index (χ0n) is 9.41. The summed E-state index contributed by atoms with van der Waals surface area (Å²) in [5, 5.41) is 8.83. The first kappa shape index (κ1) is 13.2. The second kappa shape index (κ2) is 4.81. The van der Waals surface area contributed by atoms with Crippen molar-refractivity contribution in [3.05, 3.63) is 41.2 Å². The summed E-state index contributed by atoms with van der Waals surface area (Å²) in [6, 6.07) is 4.95. The Morgan fingerprint density at radius 2 is 1.95 bits per heavy atom. The number of carbonyl (C=O) groups is 1. The second-order valence-corrected chi connectivity index (χ2v) is 5.40. The van der Waals surface area contributed by atoms with Crippen LogP contribution in [-0.2, 0) is 14.6 Å². The van der Waals surface area contributed by atoms with Crippen molar-refractivity contribution in [2.75, 3.05) is 6.61 Å². The standard InChI is InChI=1S/C11H8FNO5S/c12-7-1-3-8(4-2-7)18-5-10-13-9(11(14)15)6-19(10,16)17/h1-4,6H,5H2,(H,14,15). The number of carboxylic acid groups (broad SMARTS) is 1. The van der Waals surface area contributed by atoms with Gasteiger partial charge >= 0.3 is 5.97 Å². The number of halogens is 1. The first-order chi connectivity index (χ1) is 8.88. The van der Waals surface area contributed by atoms with Crippen molar-refractivity contribution in [1.82, 2.24) is 0 Å². The van der Waals surface area contributed by atoms with Crippen LogP contribution < -0.4 is 4.74 Å². The minimum absolute atomic E-state index is 0.253. The Morgan fingerprint density at radius 3 is 2.47 bits per heavy atom. The molecule has 0 aromatic heterocycles. The van der Waals surface area contributed by atoms with E-state index in [0.717, 1.165) is 12.1 Å². The summed E-state index contributed by atoms with van der Waals surface area (Å²) in [4.78, 5) is 14.1. The Balaban J connectivity index is 2.11. The lowest BCUT2D eigenvalue weighted by atomic mass is 10.3. The van der Waals surface area contributed by atoms with E-state index in [1.165, 1.54) is 12.1 Å². The van der Waals surface area contributed by atoms with Gasteiger partial charge in [0.15, 0.2) is 10.7 Å². The van der Waals surface area contributed by atoms with Gasteiger partial charge in [-0.05, 0) is 24.3 Å². The fourth-order valence-electron chi connectivity index (χ4n) is 1.33. The van der Waals surface area contributed by atoms with Crippen LogP contribution in [0.2, 0.25) is 0 Å². The third-order valence-corrected chi connectivity index (χ3v) is 3.63. The van der Waals surface area contributed by atoms with E-state index in [1.54, 1.807) is 0 Å². The molecule has 100 valence electrons. The van der Waals surface area contributed by atoms with E-state index in [1.807, 2.05) is 0 Å². The summed E-state index contributed by atoms with van der Waals surface area (Å²) in [5.74, 6) is -1.63. The van der Waals surface area contributed by atoms with Gasteiger partial charge in [0.2, 0.25) is 9.84 Å². The monoisotopic (exact) mass is 285 g/mol. The lowest BCUT2D eigenvalue weighted by molar-refractivity contribution is -0.132. The van der Waals surface area contributed by atoms with Crippen LogP contribution in [0, 0.1) is 5.82 Å². The minimum atomic E-state index is -3.85. The molecule has 0 fully saturated rings. The molecule has 1 aromatic rings. The highest BCUT2D eigenvalue weighted by Gasteiger charge is 2.28. The van der Waals surface area contributed by atoms with Crippen LogP contribution in [0.25, 0.3) is 0 Å². The summed E-state index contributed by atoms with van der Waals surface area (Å²) in [6.07, 6.45) is 0. The van der Waals surface area contributed by atoms with Crippen LogP contribution in [0.1, 0.15) is 0 Å². The van der Waals surface area contributed by atoms with Crippen LogP contribution in [0.5, 0.6) is 5.75 Å². The normalized spacial score (nSPS) is 16.7. The predicted molar refractivity (Wildman–Crippen MR) is 64.0 cm³/mol. The lowest BCUT2D eigenvalue weighted by Gasteiger charge is -2.05. The summed E-state index contributed by atoms with van der Waals surface area (Å²) >= 11 is 0. The number of ether oxygens (including phenoxy) is 1. The van der Waals surface area contributed by atoms with Gasteiger partial charge in [-0.1, -0.05) is 0 Å². The molecule has 6 nitrogen and oxygen atoms in total. The van der Waals surface area contributed by atoms with Crippen molar-refractivity contribution >= 4 is 20.9 Å². The predicted octanol–water partition coefficient (Wildman–Crippen LogP) is 0.957. The Labute approximate surface area is 107 Å². The Kier molecular flexibility index (Phi) is 3.34. The molecule has 0 spiro atoms. The molecule has 0 atom stereocenters. The molecule has 1 N–H and O–H groups in total. The van der Waals surface area contributed by atoms with Crippen LogP contribution in [-0.4, -0.2) is 31.1 Å². The molecule has 1 aromatic carbocycles. The molecule has 0 amide bonds. The zero-order chi connectivity index (χ0) is 14.0. The number of hydrogen-bond acceptors (Lipinski definition) is 5. The van der Waals surface area contributed by atoms with Crippen molar-refractivity contribution in [3.8, 4) is 5.75 Å². The van der Waals surface area contributed by atoms with Gasteiger partial charge < -0.3 is 9.84 Å². The van der Waals surface area contributed by atoms with E-state index in [2.05, 4.69) is 4.99 Å². The number of hydrogen-bond donors (Lipinski definition) is 1. The summed E-state index contributed by atoms with van der Waals surface area (Å²) in [7, 11) is -3.85. The van der Waals surface area contributed by atoms with Crippen LogP contribution in [0.4, 0.5) is 4.39 Å². The molecular formula is C11H8FNO5S. The second-order valence-electron chi connectivity index (χ2n) is 3.60. The molecule has 0 saturated heterocycles. The van der Waals surface area contributed by atoms with Gasteiger partial charge in [-0.3, -0.25) is 0 Å². The van der Waals surface area contributed by atoms with E-state index >= 15 is 0 Å². The van der Waals surface area contributed by atoms with Crippen molar-refractivity contribution in [2.45, 2.75) is 0 Å². The maximum absolute atomic E-state index is 12.6. The van der Waals surface area contributed by atoms with E-state index < -0.39 is 39.0 Å². The summed E-state index contributed by atoms with van der Waals surface area (Å²) in [6.45, 7) is -0.415. The third kappa shape index (κ3) is 2.97. The Morgan fingerprint density at radius 1 is 1.32 bits per heavy atom. The highest BCUT2D eigenvalue weighted by atomic mass is 32.2.